The molecular weight excluding hydrogens is 320 g/mol. The molecule has 1 spiro atoms. The van der Waals surface area contributed by atoms with Gasteiger partial charge in [-0.25, -0.2) is 4.79 Å². The summed E-state index contributed by atoms with van der Waals surface area (Å²) in [4.78, 5) is 12.5. The van der Waals surface area contributed by atoms with Crippen LogP contribution in [-0.4, -0.2) is 16.2 Å². The van der Waals surface area contributed by atoms with Crippen LogP contribution in [0.2, 0.25) is 0 Å². The number of hydrogen-bond donors (Lipinski definition) is 2. The number of rotatable bonds is 0. The maximum atomic E-state index is 12.5. The lowest BCUT2D eigenvalue weighted by Gasteiger charge is -2.38. The van der Waals surface area contributed by atoms with E-state index in [0.717, 1.165) is 0 Å². The van der Waals surface area contributed by atoms with Crippen LogP contribution in [0.1, 0.15) is 15.9 Å². The van der Waals surface area contributed by atoms with Crippen molar-refractivity contribution in [2.24, 2.45) is 5.92 Å². The Kier molecular flexibility index (Phi) is 2.51. The van der Waals surface area contributed by atoms with Gasteiger partial charge in [-0.1, -0.05) is 24.3 Å². The Labute approximate surface area is 142 Å². The van der Waals surface area contributed by atoms with Crippen LogP contribution in [-0.2, 0) is 15.1 Å². The Morgan fingerprint density at radius 1 is 1.20 bits per heavy atom. The van der Waals surface area contributed by atoms with Gasteiger partial charge in [0.05, 0.1) is 18.1 Å². The zero-order chi connectivity index (χ0) is 17.2. The van der Waals surface area contributed by atoms with E-state index < -0.39 is 17.5 Å². The van der Waals surface area contributed by atoms with E-state index in [1.165, 1.54) is 12.5 Å². The lowest BCUT2D eigenvalue weighted by atomic mass is 9.70. The fraction of sp³-hybridized carbons (Fsp3) is 0.100. The second kappa shape index (κ2) is 4.52. The minimum atomic E-state index is -1.15. The van der Waals surface area contributed by atoms with Crippen molar-refractivity contribution in [1.82, 2.24) is 0 Å². The van der Waals surface area contributed by atoms with Crippen LogP contribution in [0, 0.1) is 12.3 Å². The number of aliphatic hydroxyl groups is 2. The predicted octanol–water partition coefficient (Wildman–Crippen LogP) is 3.26. The van der Waals surface area contributed by atoms with Crippen LogP contribution in [0.3, 0.4) is 0 Å². The summed E-state index contributed by atoms with van der Waals surface area (Å²) in [5, 5.41) is 19.6. The van der Waals surface area contributed by atoms with Crippen LogP contribution >= 0.6 is 0 Å². The standard InChI is InChI=1S/C20H10O5/c21-11-5-7-15-17(9-11)24-18-10-12(22)6-8-16(18)20(15)14-4-2-1-3-13(14)19(23)25-20/h1-8,15H,(H-,21,22)/p+1. The van der Waals surface area contributed by atoms with E-state index >= 15 is 0 Å². The SMILES string of the molecule is O=C1OC2(C3=C[CH+]C(O)=C=C3OC3=C=C(O)C=CC32)c2ccccc21. The summed E-state index contributed by atoms with van der Waals surface area (Å²) in [5.74, 6) is -0.539. The third-order valence-corrected chi connectivity index (χ3v) is 4.73. The van der Waals surface area contributed by atoms with Gasteiger partial charge < -0.3 is 19.7 Å². The second-order valence-corrected chi connectivity index (χ2v) is 6.07. The molecule has 5 nitrogen and oxygen atoms in total. The van der Waals surface area contributed by atoms with Crippen molar-refractivity contribution in [3.8, 4) is 0 Å². The number of fused-ring (bicyclic) bond motifs is 6. The molecule has 5 rings (SSSR count). The van der Waals surface area contributed by atoms with Gasteiger partial charge in [0, 0.05) is 5.56 Å². The summed E-state index contributed by atoms with van der Waals surface area (Å²) in [6.45, 7) is 0. The lowest BCUT2D eigenvalue weighted by Crippen LogP contribution is -2.43. The number of benzene rings is 1. The molecule has 25 heavy (non-hydrogen) atoms. The normalized spacial score (nSPS) is 28.1. The van der Waals surface area contributed by atoms with Gasteiger partial charge >= 0.3 is 11.7 Å². The molecule has 0 amide bonds. The van der Waals surface area contributed by atoms with Gasteiger partial charge in [-0.2, -0.15) is 0 Å². The Bertz CT molecular complexity index is 1040. The Hall–Kier alpha value is -3.52. The monoisotopic (exact) mass is 331 g/mol. The average molecular weight is 331 g/mol. The molecule has 1 fully saturated rings. The largest absolute Gasteiger partial charge is 0.501 e. The quantitative estimate of drug-likeness (QED) is 0.433. The van der Waals surface area contributed by atoms with Gasteiger partial charge in [0.25, 0.3) is 5.76 Å². The molecule has 2 aliphatic heterocycles. The fourth-order valence-electron chi connectivity index (χ4n) is 3.72. The molecule has 2 unspecified atom stereocenters. The second-order valence-electron chi connectivity index (χ2n) is 6.07. The van der Waals surface area contributed by atoms with E-state index in [1.807, 2.05) is 12.1 Å². The van der Waals surface area contributed by atoms with Crippen LogP contribution in [0.15, 0.2) is 82.6 Å². The molecule has 2 heterocycles. The average Bonchev–Trinajstić information content (AvgIpc) is 2.88. The summed E-state index contributed by atoms with van der Waals surface area (Å²) < 4.78 is 11.7. The van der Waals surface area contributed by atoms with Gasteiger partial charge in [0.2, 0.25) is 5.60 Å². The third-order valence-electron chi connectivity index (χ3n) is 4.73. The molecule has 2 aliphatic carbocycles. The van der Waals surface area contributed by atoms with Gasteiger partial charge in [-0.05, 0) is 17.9 Å². The summed E-state index contributed by atoms with van der Waals surface area (Å²) >= 11 is 0. The first-order valence-electron chi connectivity index (χ1n) is 7.74. The van der Waals surface area contributed by atoms with Crippen molar-refractivity contribution in [2.75, 3.05) is 0 Å². The van der Waals surface area contributed by atoms with Crippen molar-refractivity contribution in [2.45, 2.75) is 5.60 Å². The molecule has 0 bridgehead atoms. The van der Waals surface area contributed by atoms with E-state index in [0.29, 0.717) is 22.5 Å². The molecule has 120 valence electrons. The maximum absolute atomic E-state index is 12.5. The first-order chi connectivity index (χ1) is 12.1. The van der Waals surface area contributed by atoms with Crippen molar-refractivity contribution in [3.63, 3.8) is 0 Å². The third kappa shape index (κ3) is 1.68. The molecule has 2 atom stereocenters. The molecule has 0 aromatic heterocycles. The number of esters is 1. The molecular formula is C20H11O5+. The van der Waals surface area contributed by atoms with Crippen molar-refractivity contribution in [3.05, 3.63) is 100 Å². The number of carbonyl (C=O) groups excluding carboxylic acids is 1. The van der Waals surface area contributed by atoms with Gasteiger partial charge in [-0.15, -0.1) is 0 Å². The number of ether oxygens (including phenoxy) is 2. The summed E-state index contributed by atoms with van der Waals surface area (Å²) in [5.41, 5.74) is 6.13. The fourth-order valence-corrected chi connectivity index (χ4v) is 3.72. The zero-order valence-corrected chi connectivity index (χ0v) is 12.8. The zero-order valence-electron chi connectivity index (χ0n) is 12.8. The van der Waals surface area contributed by atoms with E-state index in [9.17, 15) is 15.0 Å². The topological polar surface area (TPSA) is 76.0 Å². The molecule has 0 radical (unpaired) electrons. The minimum absolute atomic E-state index is 0.0809. The maximum Gasteiger partial charge on any atom is 0.340 e. The molecule has 1 aromatic carbocycles. The van der Waals surface area contributed by atoms with Gasteiger partial charge in [0.15, 0.2) is 17.1 Å². The highest BCUT2D eigenvalue weighted by Crippen LogP contribution is 2.56. The molecule has 5 heteroatoms. The molecule has 0 saturated carbocycles. The van der Waals surface area contributed by atoms with Crippen molar-refractivity contribution in [1.29, 1.82) is 0 Å². The number of carbonyl (C=O) groups is 1. The first-order valence-corrected chi connectivity index (χ1v) is 7.74. The molecule has 1 aromatic rings. The van der Waals surface area contributed by atoms with E-state index in [2.05, 4.69) is 11.5 Å². The Morgan fingerprint density at radius 2 is 2.04 bits per heavy atom. The first kappa shape index (κ1) is 13.9. The molecule has 4 aliphatic rings. The van der Waals surface area contributed by atoms with Crippen LogP contribution < -0.4 is 0 Å². The molecule has 1 saturated heterocycles. The summed E-state index contributed by atoms with van der Waals surface area (Å²) in [6, 6.07) is 7.17. The van der Waals surface area contributed by atoms with Crippen LogP contribution in [0.4, 0.5) is 0 Å². The smallest absolute Gasteiger partial charge is 0.340 e. The van der Waals surface area contributed by atoms with Crippen LogP contribution in [0.5, 0.6) is 0 Å². The van der Waals surface area contributed by atoms with E-state index in [-0.39, 0.29) is 17.3 Å². The lowest BCUT2D eigenvalue weighted by molar-refractivity contribution is -0.0247. The van der Waals surface area contributed by atoms with Crippen molar-refractivity contribution >= 4 is 5.97 Å². The summed E-state index contributed by atoms with van der Waals surface area (Å²) in [7, 11) is 0. The Balaban J connectivity index is 1.87. The highest BCUT2D eigenvalue weighted by Gasteiger charge is 2.63. The van der Waals surface area contributed by atoms with Gasteiger partial charge in [-0.3, -0.25) is 0 Å². The molecule has 2 N–H and O–H groups in total. The van der Waals surface area contributed by atoms with E-state index in [4.69, 9.17) is 9.47 Å². The highest BCUT2D eigenvalue weighted by molar-refractivity contribution is 5.96. The van der Waals surface area contributed by atoms with Gasteiger partial charge in [0.1, 0.15) is 11.6 Å². The minimum Gasteiger partial charge on any atom is -0.501 e. The predicted molar refractivity (Wildman–Crippen MR) is 86.0 cm³/mol. The number of hydrogen-bond acceptors (Lipinski definition) is 5. The van der Waals surface area contributed by atoms with E-state index in [1.54, 1.807) is 24.3 Å². The van der Waals surface area contributed by atoms with Crippen molar-refractivity contribution < 1.29 is 24.5 Å². The van der Waals surface area contributed by atoms with Crippen LogP contribution in [0.25, 0.3) is 0 Å². The number of aliphatic hydroxyl groups excluding tert-OH is 2. The highest BCUT2D eigenvalue weighted by atomic mass is 16.6. The summed E-state index contributed by atoms with van der Waals surface area (Å²) in [6.07, 6.45) is 6.38. The Morgan fingerprint density at radius 3 is 2.92 bits per heavy atom.